The topological polar surface area (TPSA) is 90.2 Å². The average Bonchev–Trinajstić information content (AvgIpc) is 2.97. The van der Waals surface area contributed by atoms with Crippen LogP contribution in [0.25, 0.3) is 0 Å². The molecule has 30 heavy (non-hydrogen) atoms. The van der Waals surface area contributed by atoms with Gasteiger partial charge in [-0.3, -0.25) is 14.7 Å². The highest BCUT2D eigenvalue weighted by molar-refractivity contribution is 7.07. The molecule has 1 aromatic heterocycles. The number of carboxylic acid groups (broad SMARTS) is 1. The maximum Gasteiger partial charge on any atom is 0.405 e. The van der Waals surface area contributed by atoms with Crippen LogP contribution in [0.1, 0.15) is 46.7 Å². The predicted octanol–water partition coefficient (Wildman–Crippen LogP) is 2.36. The van der Waals surface area contributed by atoms with E-state index in [-0.39, 0.29) is 11.3 Å². The number of hydrogen-bond donors (Lipinski definition) is 2. The van der Waals surface area contributed by atoms with E-state index in [1.165, 1.54) is 5.69 Å². The summed E-state index contributed by atoms with van der Waals surface area (Å²) in [4.78, 5) is 34.1. The molecule has 0 aliphatic carbocycles. The molecule has 0 unspecified atom stereocenters. The highest BCUT2D eigenvalue weighted by Crippen LogP contribution is 2.36. The lowest BCUT2D eigenvalue weighted by Crippen LogP contribution is -2.59. The molecule has 170 valence electrons. The summed E-state index contributed by atoms with van der Waals surface area (Å²) in [6, 6.07) is -0.760. The third-order valence-electron chi connectivity index (χ3n) is 5.56. The minimum Gasteiger partial charge on any atom is -0.465 e. The first kappa shape index (κ1) is 24.4. The lowest BCUT2D eigenvalue weighted by atomic mass is 9.71. The van der Waals surface area contributed by atoms with Crippen LogP contribution in [0.3, 0.4) is 0 Å². The summed E-state index contributed by atoms with van der Waals surface area (Å²) in [5, 5.41) is 14.0. The van der Waals surface area contributed by atoms with Crippen LogP contribution in [-0.4, -0.2) is 70.7 Å². The Morgan fingerprint density at radius 2 is 1.80 bits per heavy atom. The Labute approximate surface area is 183 Å². The second kappa shape index (κ2) is 9.51. The van der Waals surface area contributed by atoms with Crippen LogP contribution < -0.4 is 10.1 Å². The first-order valence-corrected chi connectivity index (χ1v) is 11.3. The number of carbonyl (C=O) groups excluding carboxylic acids is 1. The van der Waals surface area contributed by atoms with Gasteiger partial charge < -0.3 is 19.9 Å². The van der Waals surface area contributed by atoms with Crippen molar-refractivity contribution < 1.29 is 14.7 Å². The molecule has 1 aliphatic heterocycles. The second-order valence-electron chi connectivity index (χ2n) is 10.0. The Balaban J connectivity index is 2.04. The fourth-order valence-electron chi connectivity index (χ4n) is 4.47. The smallest absolute Gasteiger partial charge is 0.405 e. The zero-order valence-corrected chi connectivity index (χ0v) is 20.2. The van der Waals surface area contributed by atoms with E-state index in [0.717, 1.165) is 30.9 Å². The summed E-state index contributed by atoms with van der Waals surface area (Å²) in [5.74, 6) is -0.126. The molecule has 1 fully saturated rings. The molecule has 1 aliphatic rings. The van der Waals surface area contributed by atoms with Crippen LogP contribution in [0.15, 0.2) is 10.4 Å². The van der Waals surface area contributed by atoms with Crippen molar-refractivity contribution in [3.8, 4) is 0 Å². The summed E-state index contributed by atoms with van der Waals surface area (Å²) in [6.45, 7) is 13.8. The van der Waals surface area contributed by atoms with Crippen molar-refractivity contribution >= 4 is 23.3 Å². The first-order chi connectivity index (χ1) is 13.8. The molecule has 2 rings (SSSR count). The van der Waals surface area contributed by atoms with E-state index in [9.17, 15) is 14.7 Å². The Kier molecular flexibility index (Phi) is 7.74. The van der Waals surface area contributed by atoms with Gasteiger partial charge in [-0.25, -0.2) is 4.79 Å². The van der Waals surface area contributed by atoms with Crippen molar-refractivity contribution in [2.24, 2.45) is 22.9 Å². The number of hydrogen-bond acceptors (Lipinski definition) is 5. The Bertz CT molecular complexity index is 813. The summed E-state index contributed by atoms with van der Waals surface area (Å²) < 4.78 is 2.10. The largest absolute Gasteiger partial charge is 0.465 e. The Morgan fingerprint density at radius 3 is 2.27 bits per heavy atom. The van der Waals surface area contributed by atoms with E-state index in [0.29, 0.717) is 13.1 Å². The maximum atomic E-state index is 13.3. The fraction of sp³-hybridized carbons (Fsp3) is 0.762. The normalized spacial score (nSPS) is 17.8. The quantitative estimate of drug-likeness (QED) is 0.712. The molecule has 1 saturated heterocycles. The van der Waals surface area contributed by atoms with Gasteiger partial charge in [-0.15, -0.1) is 11.3 Å². The number of rotatable bonds is 6. The van der Waals surface area contributed by atoms with Gasteiger partial charge in [-0.2, -0.15) is 0 Å². The van der Waals surface area contributed by atoms with Crippen molar-refractivity contribution in [3.63, 3.8) is 0 Å². The summed E-state index contributed by atoms with van der Waals surface area (Å²) >= 11 is 1.63. The van der Waals surface area contributed by atoms with E-state index in [4.69, 9.17) is 0 Å². The molecule has 2 N–H and O–H groups in total. The van der Waals surface area contributed by atoms with Crippen molar-refractivity contribution in [2.45, 2.75) is 53.6 Å². The Hall–Kier alpha value is -1.87. The molecular formula is C21H37N5O3S. The summed E-state index contributed by atoms with van der Waals surface area (Å²) in [7, 11) is 3.82. The maximum absolute atomic E-state index is 13.3. The van der Waals surface area contributed by atoms with Crippen LogP contribution in [0, 0.1) is 10.8 Å². The van der Waals surface area contributed by atoms with Crippen molar-refractivity contribution in [3.05, 3.63) is 15.9 Å². The standard InChI is InChI=1S/C21H37N5O3S/c1-20(2,3)14-21(4,5)16(23-19(28)29)17(27)26-10-8-25(9-11-26)12-15-13-30-18(22-6)24(15)7/h13,16,23H,8-12,14H2,1-7H3,(H,28,29)/t16-/m0/s1. The minimum atomic E-state index is -1.16. The van der Waals surface area contributed by atoms with Gasteiger partial charge in [-0.05, 0) is 17.3 Å². The van der Waals surface area contributed by atoms with Gasteiger partial charge in [0.05, 0.1) is 0 Å². The van der Waals surface area contributed by atoms with Crippen LogP contribution in [-0.2, 0) is 18.4 Å². The first-order valence-electron chi connectivity index (χ1n) is 10.4. The monoisotopic (exact) mass is 439 g/mol. The zero-order valence-electron chi connectivity index (χ0n) is 19.4. The van der Waals surface area contributed by atoms with E-state index < -0.39 is 17.6 Å². The van der Waals surface area contributed by atoms with Gasteiger partial charge in [0.1, 0.15) is 6.04 Å². The molecule has 2 amide bonds. The molecule has 0 saturated carbocycles. The van der Waals surface area contributed by atoms with Gasteiger partial charge in [0.25, 0.3) is 0 Å². The third-order valence-corrected chi connectivity index (χ3v) is 6.62. The predicted molar refractivity (Wildman–Crippen MR) is 119 cm³/mol. The molecule has 8 nitrogen and oxygen atoms in total. The SMILES string of the molecule is CN=c1scc(CN2CCN(C(=O)[C@H](NC(=O)O)C(C)(C)CC(C)(C)C)CC2)n1C. The van der Waals surface area contributed by atoms with E-state index in [1.54, 1.807) is 18.4 Å². The van der Waals surface area contributed by atoms with Crippen molar-refractivity contribution in [1.29, 1.82) is 0 Å². The molecule has 0 spiro atoms. The van der Waals surface area contributed by atoms with Gasteiger partial charge in [0, 0.05) is 57.9 Å². The molecule has 1 aromatic rings. The number of amides is 2. The molecule has 9 heteroatoms. The second-order valence-corrected chi connectivity index (χ2v) is 10.8. The average molecular weight is 440 g/mol. The van der Waals surface area contributed by atoms with E-state index >= 15 is 0 Å². The number of nitrogens with zero attached hydrogens (tertiary/aromatic N) is 4. The van der Waals surface area contributed by atoms with Gasteiger partial charge in [-0.1, -0.05) is 34.6 Å². The molecule has 0 aromatic carbocycles. The van der Waals surface area contributed by atoms with E-state index in [1.807, 2.05) is 25.8 Å². The zero-order chi connectivity index (χ0) is 22.7. The minimum absolute atomic E-state index is 0.0133. The van der Waals surface area contributed by atoms with Crippen molar-refractivity contribution in [1.82, 2.24) is 19.7 Å². The number of aromatic nitrogens is 1. The van der Waals surface area contributed by atoms with Gasteiger partial charge >= 0.3 is 6.09 Å². The molecule has 0 radical (unpaired) electrons. The summed E-state index contributed by atoms with van der Waals surface area (Å²) in [6.07, 6.45) is -0.424. The van der Waals surface area contributed by atoms with Crippen LogP contribution >= 0.6 is 11.3 Å². The van der Waals surface area contributed by atoms with E-state index in [2.05, 4.69) is 45.9 Å². The summed E-state index contributed by atoms with van der Waals surface area (Å²) in [5.41, 5.74) is 0.702. The molecule has 0 bridgehead atoms. The highest BCUT2D eigenvalue weighted by atomic mass is 32.1. The highest BCUT2D eigenvalue weighted by Gasteiger charge is 2.41. The Morgan fingerprint density at radius 1 is 1.20 bits per heavy atom. The third kappa shape index (κ3) is 6.31. The van der Waals surface area contributed by atoms with Crippen LogP contribution in [0.2, 0.25) is 0 Å². The number of carbonyl (C=O) groups is 2. The fourth-order valence-corrected chi connectivity index (χ4v) is 5.32. The van der Waals surface area contributed by atoms with Crippen LogP contribution in [0.5, 0.6) is 0 Å². The van der Waals surface area contributed by atoms with Gasteiger partial charge in [0.15, 0.2) is 4.80 Å². The number of nitrogens with one attached hydrogen (secondary N) is 1. The van der Waals surface area contributed by atoms with Gasteiger partial charge in [0.2, 0.25) is 5.91 Å². The lowest BCUT2D eigenvalue weighted by Gasteiger charge is -2.42. The van der Waals surface area contributed by atoms with Crippen LogP contribution in [0.4, 0.5) is 4.79 Å². The molecule has 1 atom stereocenters. The number of thiazole rings is 1. The lowest BCUT2D eigenvalue weighted by molar-refractivity contribution is -0.138. The molecule has 2 heterocycles. The number of piperazine rings is 1. The van der Waals surface area contributed by atoms with Crippen molar-refractivity contribution in [2.75, 3.05) is 33.2 Å². The molecular weight excluding hydrogens is 402 g/mol.